The first-order chi connectivity index (χ1) is 12.1. The number of halogens is 1. The Hall–Kier alpha value is -2.04. The van der Waals surface area contributed by atoms with E-state index in [1.165, 1.54) is 5.56 Å². The highest BCUT2D eigenvalue weighted by molar-refractivity contribution is 5.85. The number of hydrogen-bond acceptors (Lipinski definition) is 3. The van der Waals surface area contributed by atoms with Gasteiger partial charge in [0.2, 0.25) is 5.91 Å². The molecule has 1 unspecified atom stereocenters. The second kappa shape index (κ2) is 9.06. The number of nitrogens with two attached hydrogens (primary N) is 1. The lowest BCUT2D eigenvalue weighted by Crippen LogP contribution is -2.32. The topological polar surface area (TPSA) is 55.6 Å². The van der Waals surface area contributed by atoms with Crippen LogP contribution in [0.15, 0.2) is 54.6 Å². The zero-order valence-corrected chi connectivity index (χ0v) is 16.1. The van der Waals surface area contributed by atoms with Crippen molar-refractivity contribution >= 4 is 18.3 Å². The maximum absolute atomic E-state index is 12.7. The van der Waals surface area contributed by atoms with Crippen molar-refractivity contribution in [2.24, 2.45) is 5.73 Å². The Morgan fingerprint density at radius 3 is 2.42 bits per heavy atom. The third-order valence-electron chi connectivity index (χ3n) is 5.11. The van der Waals surface area contributed by atoms with Gasteiger partial charge in [-0.25, -0.2) is 0 Å². The highest BCUT2D eigenvalue weighted by Crippen LogP contribution is 2.29. The van der Waals surface area contributed by atoms with Crippen LogP contribution in [-0.4, -0.2) is 37.0 Å². The van der Waals surface area contributed by atoms with Crippen LogP contribution in [0.25, 0.3) is 0 Å². The van der Waals surface area contributed by atoms with E-state index in [0.717, 1.165) is 11.3 Å². The van der Waals surface area contributed by atoms with Crippen LogP contribution in [0.4, 0.5) is 0 Å². The number of amides is 1. The van der Waals surface area contributed by atoms with Crippen LogP contribution in [0.2, 0.25) is 0 Å². The molecule has 1 aliphatic rings. The molecule has 3 atom stereocenters. The van der Waals surface area contributed by atoms with E-state index in [4.69, 9.17) is 10.5 Å². The third kappa shape index (κ3) is 4.57. The summed E-state index contributed by atoms with van der Waals surface area (Å²) in [5, 5.41) is 0. The van der Waals surface area contributed by atoms with E-state index in [-0.39, 0.29) is 36.2 Å². The molecule has 4 nitrogen and oxygen atoms in total. The number of carbonyl (C=O) groups is 1. The van der Waals surface area contributed by atoms with Gasteiger partial charge in [0.15, 0.2) is 0 Å². The van der Waals surface area contributed by atoms with Crippen molar-refractivity contribution < 1.29 is 9.53 Å². The summed E-state index contributed by atoms with van der Waals surface area (Å²) in [5.41, 5.74) is 8.67. The molecule has 26 heavy (non-hydrogen) atoms. The Balaban J connectivity index is 0.00000243. The van der Waals surface area contributed by atoms with Crippen LogP contribution < -0.4 is 10.5 Å². The summed E-state index contributed by atoms with van der Waals surface area (Å²) < 4.78 is 5.19. The van der Waals surface area contributed by atoms with Crippen molar-refractivity contribution in [2.45, 2.75) is 31.2 Å². The fraction of sp³-hybridized carbons (Fsp3) is 0.381. The number of rotatable bonds is 5. The van der Waals surface area contributed by atoms with E-state index in [2.05, 4.69) is 19.1 Å². The second-order valence-electron chi connectivity index (χ2n) is 6.86. The SMILES string of the molecule is COc1ccc(C(C)CC(=O)N2C[C@@H](N)[C@H](c3ccccc3)C2)cc1.Cl. The van der Waals surface area contributed by atoms with E-state index in [9.17, 15) is 4.79 Å². The van der Waals surface area contributed by atoms with Gasteiger partial charge in [0.25, 0.3) is 0 Å². The highest BCUT2D eigenvalue weighted by atomic mass is 35.5. The zero-order valence-electron chi connectivity index (χ0n) is 15.3. The van der Waals surface area contributed by atoms with E-state index in [1.54, 1.807) is 7.11 Å². The number of nitrogens with zero attached hydrogens (tertiary/aromatic N) is 1. The quantitative estimate of drug-likeness (QED) is 0.870. The number of ether oxygens (including phenoxy) is 1. The van der Waals surface area contributed by atoms with Crippen LogP contribution in [-0.2, 0) is 4.79 Å². The molecule has 140 valence electrons. The molecule has 1 aliphatic heterocycles. The van der Waals surface area contributed by atoms with Crippen molar-refractivity contribution in [3.8, 4) is 5.75 Å². The lowest BCUT2D eigenvalue weighted by molar-refractivity contribution is -0.130. The van der Waals surface area contributed by atoms with Gasteiger partial charge in [-0.15, -0.1) is 12.4 Å². The number of hydrogen-bond donors (Lipinski definition) is 1. The summed E-state index contributed by atoms with van der Waals surface area (Å²) in [7, 11) is 1.65. The monoisotopic (exact) mass is 374 g/mol. The first kappa shape index (κ1) is 20.3. The second-order valence-corrected chi connectivity index (χ2v) is 6.86. The molecule has 0 saturated carbocycles. The van der Waals surface area contributed by atoms with Crippen LogP contribution in [0.5, 0.6) is 5.75 Å². The smallest absolute Gasteiger partial charge is 0.223 e. The number of benzene rings is 2. The standard InChI is InChI=1S/C21H26N2O2.ClH/c1-15(16-8-10-18(25-2)11-9-16)12-21(24)23-13-19(20(22)14-23)17-6-4-3-5-7-17;/h3-11,15,19-20H,12-14,22H2,1-2H3;1H/t15?,19-,20+;/m0./s1. The lowest BCUT2D eigenvalue weighted by Gasteiger charge is -2.19. The fourth-order valence-corrected chi connectivity index (χ4v) is 3.53. The molecule has 0 spiro atoms. The molecular weight excluding hydrogens is 348 g/mol. The van der Waals surface area contributed by atoms with Gasteiger partial charge < -0.3 is 15.4 Å². The molecule has 3 rings (SSSR count). The van der Waals surface area contributed by atoms with Crippen LogP contribution in [0, 0.1) is 0 Å². The molecule has 5 heteroatoms. The molecule has 1 fully saturated rings. The predicted octanol–water partition coefficient (Wildman–Crippen LogP) is 3.56. The summed E-state index contributed by atoms with van der Waals surface area (Å²) in [5.74, 6) is 1.41. The van der Waals surface area contributed by atoms with E-state index in [0.29, 0.717) is 19.5 Å². The highest BCUT2D eigenvalue weighted by Gasteiger charge is 2.34. The molecule has 0 radical (unpaired) electrons. The maximum Gasteiger partial charge on any atom is 0.223 e. The summed E-state index contributed by atoms with van der Waals surface area (Å²) in [6, 6.07) is 18.2. The average molecular weight is 375 g/mol. The minimum absolute atomic E-state index is 0. The van der Waals surface area contributed by atoms with Crippen LogP contribution in [0.3, 0.4) is 0 Å². The third-order valence-corrected chi connectivity index (χ3v) is 5.11. The molecule has 0 aliphatic carbocycles. The van der Waals surface area contributed by atoms with E-state index >= 15 is 0 Å². The largest absolute Gasteiger partial charge is 0.497 e. The summed E-state index contributed by atoms with van der Waals surface area (Å²) >= 11 is 0. The van der Waals surface area contributed by atoms with Crippen molar-refractivity contribution in [1.29, 1.82) is 0 Å². The molecule has 0 bridgehead atoms. The normalized spacial score (nSPS) is 20.3. The predicted molar refractivity (Wildman–Crippen MR) is 107 cm³/mol. The molecular formula is C21H27ClN2O2. The summed E-state index contributed by atoms with van der Waals surface area (Å²) in [6.45, 7) is 3.43. The lowest BCUT2D eigenvalue weighted by atomic mass is 9.95. The number of methoxy groups -OCH3 is 1. The van der Waals surface area contributed by atoms with E-state index < -0.39 is 0 Å². The van der Waals surface area contributed by atoms with Crippen molar-refractivity contribution in [3.05, 3.63) is 65.7 Å². The van der Waals surface area contributed by atoms with Gasteiger partial charge in [-0.05, 0) is 29.2 Å². The van der Waals surface area contributed by atoms with Gasteiger partial charge in [-0.3, -0.25) is 4.79 Å². The first-order valence-electron chi connectivity index (χ1n) is 8.80. The first-order valence-corrected chi connectivity index (χ1v) is 8.80. The van der Waals surface area contributed by atoms with Crippen LogP contribution in [0.1, 0.15) is 36.3 Å². The summed E-state index contributed by atoms with van der Waals surface area (Å²) in [6.07, 6.45) is 0.501. The Labute approximate surface area is 161 Å². The average Bonchev–Trinajstić information content (AvgIpc) is 3.04. The number of carbonyl (C=O) groups excluding carboxylic acids is 1. The van der Waals surface area contributed by atoms with Gasteiger partial charge in [0, 0.05) is 31.5 Å². The molecule has 1 amide bonds. The van der Waals surface area contributed by atoms with Crippen LogP contribution >= 0.6 is 12.4 Å². The van der Waals surface area contributed by atoms with Crippen molar-refractivity contribution in [1.82, 2.24) is 4.90 Å². The Kier molecular flexibility index (Phi) is 7.06. The molecule has 1 heterocycles. The van der Waals surface area contributed by atoms with Gasteiger partial charge in [-0.2, -0.15) is 0 Å². The fourth-order valence-electron chi connectivity index (χ4n) is 3.53. The van der Waals surface area contributed by atoms with Crippen molar-refractivity contribution in [2.75, 3.05) is 20.2 Å². The van der Waals surface area contributed by atoms with Gasteiger partial charge >= 0.3 is 0 Å². The molecule has 0 aromatic heterocycles. The molecule has 2 N–H and O–H groups in total. The zero-order chi connectivity index (χ0) is 17.8. The Morgan fingerprint density at radius 1 is 1.15 bits per heavy atom. The minimum atomic E-state index is 0. The Bertz CT molecular complexity index is 706. The molecule has 2 aromatic rings. The summed E-state index contributed by atoms with van der Waals surface area (Å²) in [4.78, 5) is 14.6. The molecule has 2 aromatic carbocycles. The number of likely N-dealkylation sites (tertiary alicyclic amines) is 1. The molecule has 1 saturated heterocycles. The Morgan fingerprint density at radius 2 is 1.81 bits per heavy atom. The van der Waals surface area contributed by atoms with E-state index in [1.807, 2.05) is 47.4 Å². The maximum atomic E-state index is 12.7. The minimum Gasteiger partial charge on any atom is -0.497 e. The van der Waals surface area contributed by atoms with Gasteiger partial charge in [0.1, 0.15) is 5.75 Å². The van der Waals surface area contributed by atoms with Gasteiger partial charge in [0.05, 0.1) is 7.11 Å². The van der Waals surface area contributed by atoms with Crippen molar-refractivity contribution in [3.63, 3.8) is 0 Å². The van der Waals surface area contributed by atoms with Gasteiger partial charge in [-0.1, -0.05) is 49.4 Å².